The van der Waals surface area contributed by atoms with Gasteiger partial charge in [0, 0.05) is 19.6 Å². The minimum absolute atomic E-state index is 0.169. The number of benzene rings is 1. The van der Waals surface area contributed by atoms with Crippen LogP contribution in [0.25, 0.3) is 0 Å². The molecule has 0 aliphatic carbocycles. The second-order valence-corrected chi connectivity index (χ2v) is 5.92. The molecule has 1 aromatic carbocycles. The minimum atomic E-state index is 0.169. The molecule has 0 spiro atoms. The van der Waals surface area contributed by atoms with E-state index < -0.39 is 0 Å². The van der Waals surface area contributed by atoms with E-state index in [1.807, 2.05) is 22.9 Å². The van der Waals surface area contributed by atoms with Gasteiger partial charge in [-0.3, -0.25) is 4.90 Å². The summed E-state index contributed by atoms with van der Waals surface area (Å²) in [4.78, 5) is 2.39. The Kier molecular flexibility index (Phi) is 3.37. The third-order valence-corrected chi connectivity index (χ3v) is 4.48. The molecular weight excluding hydrogens is 278 g/mol. The molecule has 1 fully saturated rings. The summed E-state index contributed by atoms with van der Waals surface area (Å²) in [5.41, 5.74) is 2.96. The van der Waals surface area contributed by atoms with Gasteiger partial charge in [-0.05, 0) is 24.1 Å². The number of hydrogen-bond donors (Lipinski definition) is 0. The van der Waals surface area contributed by atoms with Crippen molar-refractivity contribution in [3.63, 3.8) is 0 Å². The molecule has 0 amide bonds. The highest BCUT2D eigenvalue weighted by Crippen LogP contribution is 2.30. The SMILES string of the molecule is N#Cc1cccc(CN2CC[C@H]3[C@H](C2)OCc2cnnn23)c1. The molecule has 22 heavy (non-hydrogen) atoms. The van der Waals surface area contributed by atoms with Gasteiger partial charge in [-0.2, -0.15) is 5.26 Å². The standard InChI is InChI=1S/C16H17N5O/c17-7-12-2-1-3-13(6-12)9-20-5-4-15-16(10-20)22-11-14-8-18-19-21(14)15/h1-3,6,8,15-16H,4-5,9-11H2/t15-,16-/m0/s1. The zero-order valence-corrected chi connectivity index (χ0v) is 12.2. The lowest BCUT2D eigenvalue weighted by Gasteiger charge is -2.41. The van der Waals surface area contributed by atoms with Crippen LogP contribution in [-0.4, -0.2) is 39.1 Å². The number of nitriles is 1. The Hall–Kier alpha value is -2.23. The summed E-state index contributed by atoms with van der Waals surface area (Å²) >= 11 is 0. The largest absolute Gasteiger partial charge is 0.368 e. The predicted molar refractivity (Wildman–Crippen MR) is 78.7 cm³/mol. The lowest BCUT2D eigenvalue weighted by Crippen LogP contribution is -2.48. The van der Waals surface area contributed by atoms with E-state index in [0.717, 1.165) is 31.7 Å². The lowest BCUT2D eigenvalue weighted by atomic mass is 9.99. The van der Waals surface area contributed by atoms with Gasteiger partial charge in [0.15, 0.2) is 0 Å². The van der Waals surface area contributed by atoms with Gasteiger partial charge in [-0.1, -0.05) is 17.3 Å². The lowest BCUT2D eigenvalue weighted by molar-refractivity contribution is -0.0704. The molecule has 6 nitrogen and oxygen atoms in total. The van der Waals surface area contributed by atoms with Crippen molar-refractivity contribution >= 4 is 0 Å². The number of rotatable bonds is 2. The third-order valence-electron chi connectivity index (χ3n) is 4.48. The number of nitrogens with zero attached hydrogens (tertiary/aromatic N) is 5. The van der Waals surface area contributed by atoms with E-state index in [0.29, 0.717) is 18.2 Å². The van der Waals surface area contributed by atoms with E-state index in [2.05, 4.69) is 27.3 Å². The van der Waals surface area contributed by atoms with Gasteiger partial charge in [0.05, 0.1) is 42.3 Å². The second-order valence-electron chi connectivity index (χ2n) is 5.92. The van der Waals surface area contributed by atoms with Crippen molar-refractivity contribution in [2.45, 2.75) is 31.7 Å². The smallest absolute Gasteiger partial charge is 0.0991 e. The molecule has 6 heteroatoms. The van der Waals surface area contributed by atoms with E-state index in [1.54, 1.807) is 6.20 Å². The van der Waals surface area contributed by atoms with E-state index in [4.69, 9.17) is 10.00 Å². The Labute approximate surface area is 128 Å². The fourth-order valence-corrected chi connectivity index (χ4v) is 3.39. The van der Waals surface area contributed by atoms with Gasteiger partial charge < -0.3 is 4.74 Å². The fraction of sp³-hybridized carbons (Fsp3) is 0.438. The van der Waals surface area contributed by atoms with Crippen molar-refractivity contribution in [3.05, 3.63) is 47.3 Å². The van der Waals surface area contributed by atoms with Crippen LogP contribution in [0.4, 0.5) is 0 Å². The minimum Gasteiger partial charge on any atom is -0.368 e. The maximum absolute atomic E-state index is 9.00. The summed E-state index contributed by atoms with van der Waals surface area (Å²) in [7, 11) is 0. The van der Waals surface area contributed by atoms with Gasteiger partial charge >= 0.3 is 0 Å². The molecule has 2 aliphatic heterocycles. The summed E-state index contributed by atoms with van der Waals surface area (Å²) in [6, 6.07) is 10.3. The van der Waals surface area contributed by atoms with E-state index >= 15 is 0 Å². The van der Waals surface area contributed by atoms with E-state index in [1.165, 1.54) is 5.56 Å². The Morgan fingerprint density at radius 3 is 3.27 bits per heavy atom. The summed E-state index contributed by atoms with van der Waals surface area (Å²) in [6.45, 7) is 3.33. The molecule has 0 unspecified atom stereocenters. The van der Waals surface area contributed by atoms with Crippen molar-refractivity contribution in [2.24, 2.45) is 0 Å². The maximum atomic E-state index is 9.00. The number of fused-ring (bicyclic) bond motifs is 3. The van der Waals surface area contributed by atoms with Crippen LogP contribution in [0.15, 0.2) is 30.5 Å². The van der Waals surface area contributed by atoms with Crippen molar-refractivity contribution in [1.82, 2.24) is 19.9 Å². The zero-order chi connectivity index (χ0) is 14.9. The highest BCUT2D eigenvalue weighted by Gasteiger charge is 2.36. The quantitative estimate of drug-likeness (QED) is 0.840. The molecule has 1 aromatic heterocycles. The van der Waals surface area contributed by atoms with Gasteiger partial charge in [0.1, 0.15) is 0 Å². The van der Waals surface area contributed by atoms with Crippen molar-refractivity contribution in [2.75, 3.05) is 13.1 Å². The Morgan fingerprint density at radius 2 is 2.36 bits per heavy atom. The Morgan fingerprint density at radius 1 is 1.41 bits per heavy atom. The molecule has 2 atom stereocenters. The van der Waals surface area contributed by atoms with Gasteiger partial charge in [0.2, 0.25) is 0 Å². The first-order chi connectivity index (χ1) is 10.8. The summed E-state index contributed by atoms with van der Waals surface area (Å²) in [6.07, 6.45) is 2.97. The number of aromatic nitrogens is 3. The predicted octanol–water partition coefficient (Wildman–Crippen LogP) is 1.50. The first kappa shape index (κ1) is 13.4. The number of ether oxygens (including phenoxy) is 1. The van der Waals surface area contributed by atoms with Crippen LogP contribution in [0, 0.1) is 11.3 Å². The molecule has 3 heterocycles. The number of hydrogen-bond acceptors (Lipinski definition) is 5. The van der Waals surface area contributed by atoms with Crippen LogP contribution < -0.4 is 0 Å². The zero-order valence-electron chi connectivity index (χ0n) is 12.2. The highest BCUT2D eigenvalue weighted by atomic mass is 16.5. The Balaban J connectivity index is 1.46. The Bertz CT molecular complexity index is 719. The number of piperidine rings is 1. The second kappa shape index (κ2) is 5.52. The first-order valence-corrected chi connectivity index (χ1v) is 7.55. The summed E-state index contributed by atoms with van der Waals surface area (Å²) in [5.74, 6) is 0. The molecule has 4 rings (SSSR count). The van der Waals surface area contributed by atoms with Crippen molar-refractivity contribution < 1.29 is 4.74 Å². The summed E-state index contributed by atoms with van der Waals surface area (Å²) < 4.78 is 8.01. The topological polar surface area (TPSA) is 67.0 Å². The van der Waals surface area contributed by atoms with Crippen LogP contribution in [0.2, 0.25) is 0 Å². The van der Waals surface area contributed by atoms with Crippen LogP contribution in [0.1, 0.15) is 29.3 Å². The van der Waals surface area contributed by atoms with Crippen LogP contribution in [-0.2, 0) is 17.9 Å². The van der Waals surface area contributed by atoms with Crippen LogP contribution >= 0.6 is 0 Å². The van der Waals surface area contributed by atoms with E-state index in [-0.39, 0.29) is 6.10 Å². The molecule has 0 N–H and O–H groups in total. The molecule has 1 saturated heterocycles. The van der Waals surface area contributed by atoms with Gasteiger partial charge in [0.25, 0.3) is 0 Å². The molecule has 112 valence electrons. The molecule has 0 saturated carbocycles. The highest BCUT2D eigenvalue weighted by molar-refractivity contribution is 5.32. The normalized spacial score (nSPS) is 24.3. The van der Waals surface area contributed by atoms with Crippen LogP contribution in [0.5, 0.6) is 0 Å². The third kappa shape index (κ3) is 2.39. The number of likely N-dealkylation sites (tertiary alicyclic amines) is 1. The maximum Gasteiger partial charge on any atom is 0.0991 e. The van der Waals surface area contributed by atoms with Gasteiger partial charge in [-0.25, -0.2) is 4.68 Å². The van der Waals surface area contributed by atoms with Crippen molar-refractivity contribution in [3.8, 4) is 6.07 Å². The average Bonchev–Trinajstić information content (AvgIpc) is 3.04. The van der Waals surface area contributed by atoms with E-state index in [9.17, 15) is 0 Å². The molecule has 0 bridgehead atoms. The van der Waals surface area contributed by atoms with Gasteiger partial charge in [-0.15, -0.1) is 5.10 Å². The molecule has 0 radical (unpaired) electrons. The van der Waals surface area contributed by atoms with Crippen molar-refractivity contribution in [1.29, 1.82) is 5.26 Å². The monoisotopic (exact) mass is 295 g/mol. The summed E-state index contributed by atoms with van der Waals surface area (Å²) in [5, 5.41) is 17.2. The molecular formula is C16H17N5O. The van der Waals surface area contributed by atoms with Crippen LogP contribution in [0.3, 0.4) is 0 Å². The molecule has 2 aliphatic rings. The fourth-order valence-electron chi connectivity index (χ4n) is 3.39. The average molecular weight is 295 g/mol. The molecule has 2 aromatic rings. The first-order valence-electron chi connectivity index (χ1n) is 7.55.